The van der Waals surface area contributed by atoms with Crippen molar-refractivity contribution in [2.45, 2.75) is 33.1 Å². The van der Waals surface area contributed by atoms with E-state index < -0.39 is 11.8 Å². The minimum absolute atomic E-state index is 0.189. The van der Waals surface area contributed by atoms with Crippen LogP contribution in [0.3, 0.4) is 0 Å². The Morgan fingerprint density at radius 3 is 2.50 bits per heavy atom. The highest BCUT2D eigenvalue weighted by molar-refractivity contribution is 8.26. The van der Waals surface area contributed by atoms with Crippen molar-refractivity contribution in [2.75, 3.05) is 11.4 Å². The number of nitrogens with zero attached hydrogens (tertiary/aromatic N) is 2. The van der Waals surface area contributed by atoms with Gasteiger partial charge in [-0.1, -0.05) is 67.9 Å². The van der Waals surface area contributed by atoms with E-state index in [1.165, 1.54) is 0 Å². The van der Waals surface area contributed by atoms with Gasteiger partial charge in [-0.15, -0.1) is 0 Å². The quantitative estimate of drug-likeness (QED) is 0.388. The number of fused-ring (bicyclic) bond motifs is 1. The van der Waals surface area contributed by atoms with Gasteiger partial charge in [0.2, 0.25) is 0 Å². The number of hydrazine groups is 1. The van der Waals surface area contributed by atoms with Gasteiger partial charge in [-0.25, -0.2) is 0 Å². The van der Waals surface area contributed by atoms with Crippen LogP contribution in [0.1, 0.15) is 47.7 Å². The highest BCUT2D eigenvalue weighted by Gasteiger charge is 2.42. The number of para-hydroxylation sites is 1. The molecule has 1 N–H and O–H groups in total. The van der Waals surface area contributed by atoms with Crippen molar-refractivity contribution in [2.24, 2.45) is 0 Å². The van der Waals surface area contributed by atoms with Crippen molar-refractivity contribution < 1.29 is 14.4 Å². The number of aryl methyl sites for hydroxylation is 1. The Morgan fingerprint density at radius 2 is 1.75 bits per heavy atom. The maximum Gasteiger partial charge on any atom is 0.286 e. The summed E-state index contributed by atoms with van der Waals surface area (Å²) in [6, 6.07) is 14.6. The van der Waals surface area contributed by atoms with Gasteiger partial charge < -0.3 is 4.90 Å². The highest BCUT2D eigenvalue weighted by Crippen LogP contribution is 2.44. The van der Waals surface area contributed by atoms with Gasteiger partial charge in [0.15, 0.2) is 4.32 Å². The van der Waals surface area contributed by atoms with Crippen molar-refractivity contribution >= 4 is 57.3 Å². The SMILES string of the molecule is CCCCCN1C(=O)C(=C2SC(=S)N(NC(=O)c3ccccc3C)C2=O)c2ccccc21. The summed E-state index contributed by atoms with van der Waals surface area (Å²) in [5.74, 6) is -1.12. The molecule has 6 nitrogen and oxygen atoms in total. The molecule has 0 saturated carbocycles. The summed E-state index contributed by atoms with van der Waals surface area (Å²) in [5.41, 5.74) is 5.72. The summed E-state index contributed by atoms with van der Waals surface area (Å²) in [5, 5.41) is 1.06. The number of carbonyl (C=O) groups excluding carboxylic acids is 3. The molecule has 2 aliphatic rings. The molecule has 0 spiro atoms. The zero-order valence-corrected chi connectivity index (χ0v) is 19.5. The van der Waals surface area contributed by atoms with Crippen LogP contribution in [0.15, 0.2) is 53.4 Å². The molecule has 0 bridgehead atoms. The topological polar surface area (TPSA) is 69.7 Å². The van der Waals surface area contributed by atoms with E-state index >= 15 is 0 Å². The zero-order valence-electron chi connectivity index (χ0n) is 17.9. The van der Waals surface area contributed by atoms with E-state index in [2.05, 4.69) is 12.3 Å². The average molecular weight is 466 g/mol. The second kappa shape index (κ2) is 9.26. The van der Waals surface area contributed by atoms with Crippen LogP contribution in [0.25, 0.3) is 5.57 Å². The molecule has 2 aromatic rings. The normalized spacial score (nSPS) is 17.9. The number of nitrogens with one attached hydrogen (secondary N) is 1. The van der Waals surface area contributed by atoms with Gasteiger partial charge >= 0.3 is 0 Å². The number of carbonyl (C=O) groups is 3. The highest BCUT2D eigenvalue weighted by atomic mass is 32.2. The molecule has 0 aliphatic carbocycles. The number of anilines is 1. The number of thiocarbonyl (C=S) groups is 1. The van der Waals surface area contributed by atoms with Crippen molar-refractivity contribution in [1.29, 1.82) is 0 Å². The fraction of sp³-hybridized carbons (Fsp3) is 0.250. The van der Waals surface area contributed by atoms with Gasteiger partial charge in [-0.3, -0.25) is 19.8 Å². The third kappa shape index (κ3) is 3.96. The van der Waals surface area contributed by atoms with E-state index in [0.29, 0.717) is 17.7 Å². The molecule has 2 aromatic carbocycles. The van der Waals surface area contributed by atoms with Gasteiger partial charge in [0.1, 0.15) is 0 Å². The maximum absolute atomic E-state index is 13.3. The van der Waals surface area contributed by atoms with Gasteiger partial charge in [0.05, 0.1) is 16.2 Å². The molecular formula is C24H23N3O3S2. The smallest absolute Gasteiger partial charge is 0.286 e. The Hall–Kier alpha value is -2.97. The summed E-state index contributed by atoms with van der Waals surface area (Å²) in [7, 11) is 0. The molecule has 1 saturated heterocycles. The van der Waals surface area contributed by atoms with Crippen LogP contribution in [-0.4, -0.2) is 33.6 Å². The average Bonchev–Trinajstić information content (AvgIpc) is 3.21. The number of amides is 3. The van der Waals surface area contributed by atoms with Crippen molar-refractivity contribution in [3.63, 3.8) is 0 Å². The standard InChI is InChI=1S/C24H23N3O3S2/c1-3-4-9-14-26-18-13-8-7-12-17(18)19(22(26)29)20-23(30)27(24(31)32-20)25-21(28)16-11-6-5-10-15(16)2/h5-8,10-13H,3-4,9,14H2,1-2H3,(H,25,28). The van der Waals surface area contributed by atoms with E-state index in [1.54, 1.807) is 17.0 Å². The van der Waals surface area contributed by atoms with E-state index in [1.807, 2.05) is 43.3 Å². The number of thioether (sulfide) groups is 1. The summed E-state index contributed by atoms with van der Waals surface area (Å²) in [6.07, 6.45) is 2.96. The largest absolute Gasteiger partial charge is 0.308 e. The Kier molecular flexibility index (Phi) is 6.43. The minimum atomic E-state index is -0.490. The van der Waals surface area contributed by atoms with Crippen LogP contribution in [0.5, 0.6) is 0 Å². The maximum atomic E-state index is 13.3. The van der Waals surface area contributed by atoms with Crippen molar-refractivity contribution in [3.05, 3.63) is 70.1 Å². The lowest BCUT2D eigenvalue weighted by atomic mass is 10.1. The first-order valence-electron chi connectivity index (χ1n) is 10.5. The molecule has 2 aliphatic heterocycles. The molecule has 0 atom stereocenters. The van der Waals surface area contributed by atoms with Crippen molar-refractivity contribution in [3.8, 4) is 0 Å². The molecule has 0 unspecified atom stereocenters. The number of hydrogen-bond acceptors (Lipinski definition) is 5. The molecule has 4 rings (SSSR count). The molecular weight excluding hydrogens is 442 g/mol. The Bertz CT molecular complexity index is 1160. The molecule has 32 heavy (non-hydrogen) atoms. The fourth-order valence-electron chi connectivity index (χ4n) is 3.85. The van der Waals surface area contributed by atoms with Gasteiger partial charge in [-0.2, -0.15) is 5.01 Å². The predicted molar refractivity (Wildman–Crippen MR) is 131 cm³/mol. The van der Waals surface area contributed by atoms with E-state index in [4.69, 9.17) is 12.2 Å². The van der Waals surface area contributed by atoms with Crippen LogP contribution in [0.2, 0.25) is 0 Å². The van der Waals surface area contributed by atoms with Crippen LogP contribution < -0.4 is 10.3 Å². The molecule has 0 radical (unpaired) electrons. The molecule has 3 amide bonds. The third-order valence-corrected chi connectivity index (χ3v) is 6.88. The first-order valence-corrected chi connectivity index (χ1v) is 11.7. The van der Waals surface area contributed by atoms with Crippen molar-refractivity contribution in [1.82, 2.24) is 10.4 Å². The number of hydrogen-bond donors (Lipinski definition) is 1. The van der Waals surface area contributed by atoms with Crippen LogP contribution in [0.4, 0.5) is 5.69 Å². The minimum Gasteiger partial charge on any atom is -0.308 e. The predicted octanol–water partition coefficient (Wildman–Crippen LogP) is 4.45. The van der Waals surface area contributed by atoms with Gasteiger partial charge in [0, 0.05) is 17.7 Å². The Balaban J connectivity index is 1.65. The number of unbranched alkanes of at least 4 members (excludes halogenated alkanes) is 2. The van der Waals surface area contributed by atoms with E-state index in [0.717, 1.165) is 52.8 Å². The summed E-state index contributed by atoms with van der Waals surface area (Å²) in [4.78, 5) is 41.3. The van der Waals surface area contributed by atoms with Gasteiger partial charge in [0.25, 0.3) is 17.7 Å². The first kappa shape index (κ1) is 22.2. The first-order chi connectivity index (χ1) is 15.4. The van der Waals surface area contributed by atoms with E-state index in [-0.39, 0.29) is 15.1 Å². The lowest BCUT2D eigenvalue weighted by molar-refractivity contribution is -0.124. The second-order valence-electron chi connectivity index (χ2n) is 7.65. The lowest BCUT2D eigenvalue weighted by Gasteiger charge is -2.17. The van der Waals surface area contributed by atoms with Crippen LogP contribution in [-0.2, 0) is 9.59 Å². The number of rotatable bonds is 6. The van der Waals surface area contributed by atoms with Crippen LogP contribution in [0, 0.1) is 6.92 Å². The van der Waals surface area contributed by atoms with Crippen LogP contribution >= 0.6 is 24.0 Å². The molecule has 164 valence electrons. The molecule has 8 heteroatoms. The second-order valence-corrected chi connectivity index (χ2v) is 9.29. The molecule has 1 fully saturated rings. The molecule has 2 heterocycles. The third-order valence-electron chi connectivity index (χ3n) is 5.51. The monoisotopic (exact) mass is 465 g/mol. The summed E-state index contributed by atoms with van der Waals surface area (Å²) < 4.78 is 0.189. The Labute approximate surface area is 196 Å². The summed E-state index contributed by atoms with van der Waals surface area (Å²) in [6.45, 7) is 4.53. The number of benzene rings is 2. The lowest BCUT2D eigenvalue weighted by Crippen LogP contribution is -2.45. The molecule has 0 aromatic heterocycles. The zero-order chi connectivity index (χ0) is 22.8. The van der Waals surface area contributed by atoms with Gasteiger partial charge in [-0.05, 0) is 43.3 Å². The fourth-order valence-corrected chi connectivity index (χ4v) is 5.10. The Morgan fingerprint density at radius 1 is 1.03 bits per heavy atom. The van der Waals surface area contributed by atoms with E-state index in [9.17, 15) is 14.4 Å². The summed E-state index contributed by atoms with van der Waals surface area (Å²) >= 11 is 6.42.